The first-order chi connectivity index (χ1) is 11.5. The Balaban J connectivity index is 1.66. The number of hydrogen-bond acceptors (Lipinski definition) is 6. The number of rotatable bonds is 3. The second kappa shape index (κ2) is 5.22. The fourth-order valence-electron chi connectivity index (χ4n) is 2.95. The van der Waals surface area contributed by atoms with Crippen LogP contribution >= 0.6 is 0 Å². The van der Waals surface area contributed by atoms with Crippen LogP contribution in [0.4, 0.5) is 5.82 Å². The summed E-state index contributed by atoms with van der Waals surface area (Å²) < 4.78 is 13.0. The van der Waals surface area contributed by atoms with Gasteiger partial charge in [-0.05, 0) is 25.5 Å². The molecule has 0 aromatic carbocycles. The van der Waals surface area contributed by atoms with Crippen LogP contribution in [0.15, 0.2) is 38.1 Å². The molecule has 1 amide bonds. The Bertz CT molecular complexity index is 949. The maximum Gasteiger partial charge on any atom is 0.438 e. The van der Waals surface area contributed by atoms with E-state index in [9.17, 15) is 9.59 Å². The van der Waals surface area contributed by atoms with Crippen molar-refractivity contribution in [3.05, 3.63) is 40.7 Å². The standard InChI is InChI=1S/C15H15N5O4/c1-9-8-12(18(2)16-9)19-6-5-10(14(19)21)20-15(22)24-13(17-20)11-4-3-7-23-11/h3-4,7-8,10H,5-6H2,1-2H3/t10-/m1/s1. The Labute approximate surface area is 136 Å². The third kappa shape index (κ3) is 2.16. The molecular weight excluding hydrogens is 314 g/mol. The predicted octanol–water partition coefficient (Wildman–Crippen LogP) is 1.12. The molecule has 4 heterocycles. The van der Waals surface area contributed by atoms with Crippen LogP contribution in [0.5, 0.6) is 0 Å². The molecule has 0 unspecified atom stereocenters. The van der Waals surface area contributed by atoms with Crippen LogP contribution in [-0.4, -0.2) is 32.0 Å². The normalized spacial score (nSPS) is 17.8. The van der Waals surface area contributed by atoms with Gasteiger partial charge in [-0.2, -0.15) is 9.78 Å². The molecule has 124 valence electrons. The number of aromatic nitrogens is 4. The van der Waals surface area contributed by atoms with Crippen LogP contribution < -0.4 is 10.7 Å². The van der Waals surface area contributed by atoms with E-state index in [2.05, 4.69) is 10.2 Å². The van der Waals surface area contributed by atoms with Gasteiger partial charge in [-0.25, -0.2) is 4.79 Å². The molecule has 0 saturated carbocycles. The number of nitrogens with zero attached hydrogens (tertiary/aromatic N) is 5. The van der Waals surface area contributed by atoms with E-state index in [-0.39, 0.29) is 11.8 Å². The molecule has 0 aliphatic carbocycles. The van der Waals surface area contributed by atoms with Crippen molar-refractivity contribution in [2.75, 3.05) is 11.4 Å². The fraction of sp³-hybridized carbons (Fsp3) is 0.333. The van der Waals surface area contributed by atoms with Crippen LogP contribution in [0.3, 0.4) is 0 Å². The summed E-state index contributed by atoms with van der Waals surface area (Å²) in [6.45, 7) is 2.34. The summed E-state index contributed by atoms with van der Waals surface area (Å²) in [6.07, 6.45) is 1.93. The van der Waals surface area contributed by atoms with Crippen molar-refractivity contribution >= 4 is 11.7 Å². The quantitative estimate of drug-likeness (QED) is 0.714. The molecule has 1 saturated heterocycles. The summed E-state index contributed by atoms with van der Waals surface area (Å²) in [4.78, 5) is 26.4. The highest BCUT2D eigenvalue weighted by Gasteiger charge is 2.38. The zero-order valence-corrected chi connectivity index (χ0v) is 13.2. The van der Waals surface area contributed by atoms with Crippen LogP contribution in [0.25, 0.3) is 11.7 Å². The Kier molecular flexibility index (Phi) is 3.15. The Hall–Kier alpha value is -3.10. The molecule has 0 bridgehead atoms. The van der Waals surface area contributed by atoms with Crippen LogP contribution in [0, 0.1) is 6.92 Å². The molecule has 1 atom stereocenters. The fourth-order valence-corrected chi connectivity index (χ4v) is 2.95. The smallest absolute Gasteiger partial charge is 0.438 e. The van der Waals surface area contributed by atoms with Gasteiger partial charge in [0.05, 0.1) is 12.0 Å². The van der Waals surface area contributed by atoms with Gasteiger partial charge in [-0.15, -0.1) is 5.10 Å². The highest BCUT2D eigenvalue weighted by molar-refractivity contribution is 5.97. The van der Waals surface area contributed by atoms with Gasteiger partial charge < -0.3 is 8.83 Å². The van der Waals surface area contributed by atoms with Crippen molar-refractivity contribution < 1.29 is 13.6 Å². The zero-order valence-electron chi connectivity index (χ0n) is 13.2. The van der Waals surface area contributed by atoms with Gasteiger partial charge in [-0.1, -0.05) is 0 Å². The van der Waals surface area contributed by atoms with Crippen molar-refractivity contribution in [1.29, 1.82) is 0 Å². The molecule has 1 fully saturated rings. The maximum atomic E-state index is 12.7. The molecule has 9 nitrogen and oxygen atoms in total. The summed E-state index contributed by atoms with van der Waals surface area (Å²) in [5.74, 6) is 0.216. The number of hydrogen-bond donors (Lipinski definition) is 0. The molecule has 0 spiro atoms. The summed E-state index contributed by atoms with van der Waals surface area (Å²) >= 11 is 0. The average molecular weight is 329 g/mol. The van der Waals surface area contributed by atoms with Gasteiger partial charge in [-0.3, -0.25) is 14.4 Å². The molecule has 0 radical (unpaired) electrons. The van der Waals surface area contributed by atoms with Gasteiger partial charge in [0, 0.05) is 19.7 Å². The molecule has 0 N–H and O–H groups in total. The molecule has 1 aliphatic rings. The van der Waals surface area contributed by atoms with E-state index in [0.717, 1.165) is 10.4 Å². The van der Waals surface area contributed by atoms with E-state index in [0.29, 0.717) is 24.5 Å². The van der Waals surface area contributed by atoms with Crippen molar-refractivity contribution in [2.45, 2.75) is 19.4 Å². The minimum atomic E-state index is -0.694. The monoisotopic (exact) mass is 329 g/mol. The number of carbonyl (C=O) groups is 1. The lowest BCUT2D eigenvalue weighted by molar-refractivity contribution is -0.120. The third-order valence-electron chi connectivity index (χ3n) is 4.03. The topological polar surface area (TPSA) is 99.3 Å². The number of carbonyl (C=O) groups excluding carboxylic acids is 1. The Morgan fingerprint density at radius 2 is 2.12 bits per heavy atom. The second-order valence-electron chi connectivity index (χ2n) is 5.66. The number of furan rings is 1. The van der Waals surface area contributed by atoms with E-state index < -0.39 is 11.8 Å². The van der Waals surface area contributed by atoms with Gasteiger partial charge in [0.15, 0.2) is 5.76 Å². The molecule has 4 rings (SSSR count). The number of anilines is 1. The van der Waals surface area contributed by atoms with Crippen LogP contribution in [-0.2, 0) is 11.8 Å². The first-order valence-corrected chi connectivity index (χ1v) is 7.50. The summed E-state index contributed by atoms with van der Waals surface area (Å²) in [6, 6.07) is 4.44. The molecular formula is C15H15N5O4. The van der Waals surface area contributed by atoms with Crippen LogP contribution in [0.2, 0.25) is 0 Å². The lowest BCUT2D eigenvalue weighted by Gasteiger charge is -2.15. The Morgan fingerprint density at radius 3 is 2.79 bits per heavy atom. The van der Waals surface area contributed by atoms with Gasteiger partial charge in [0.1, 0.15) is 11.9 Å². The van der Waals surface area contributed by atoms with E-state index >= 15 is 0 Å². The third-order valence-corrected chi connectivity index (χ3v) is 4.03. The zero-order chi connectivity index (χ0) is 16.8. The largest absolute Gasteiger partial charge is 0.459 e. The highest BCUT2D eigenvalue weighted by Crippen LogP contribution is 2.28. The van der Waals surface area contributed by atoms with Crippen molar-refractivity contribution in [1.82, 2.24) is 19.6 Å². The summed E-state index contributed by atoms with van der Waals surface area (Å²) in [5.41, 5.74) is 0.822. The number of amides is 1. The Morgan fingerprint density at radius 1 is 1.29 bits per heavy atom. The van der Waals surface area contributed by atoms with Crippen molar-refractivity contribution in [3.63, 3.8) is 0 Å². The SMILES string of the molecule is Cc1cc(N2CC[C@@H](n3nc(-c4ccco4)oc3=O)C2=O)n(C)n1. The molecule has 24 heavy (non-hydrogen) atoms. The van der Waals surface area contributed by atoms with Crippen molar-refractivity contribution in [3.8, 4) is 11.7 Å². The molecule has 3 aromatic heterocycles. The predicted molar refractivity (Wildman–Crippen MR) is 82.4 cm³/mol. The van der Waals surface area contributed by atoms with Gasteiger partial charge in [0.2, 0.25) is 0 Å². The second-order valence-corrected chi connectivity index (χ2v) is 5.66. The summed E-state index contributed by atoms with van der Waals surface area (Å²) in [7, 11) is 1.78. The van der Waals surface area contributed by atoms with Gasteiger partial charge in [0.25, 0.3) is 11.8 Å². The number of aryl methyl sites for hydroxylation is 2. The van der Waals surface area contributed by atoms with E-state index in [1.54, 1.807) is 28.8 Å². The lowest BCUT2D eigenvalue weighted by atomic mass is 10.2. The van der Waals surface area contributed by atoms with E-state index in [1.165, 1.54) is 6.26 Å². The minimum Gasteiger partial charge on any atom is -0.459 e. The molecule has 9 heteroatoms. The lowest BCUT2D eigenvalue weighted by Crippen LogP contribution is -2.32. The highest BCUT2D eigenvalue weighted by atomic mass is 16.4. The van der Waals surface area contributed by atoms with Gasteiger partial charge >= 0.3 is 5.76 Å². The maximum absolute atomic E-state index is 12.7. The van der Waals surface area contributed by atoms with E-state index in [4.69, 9.17) is 8.83 Å². The first kappa shape index (κ1) is 14.5. The summed E-state index contributed by atoms with van der Waals surface area (Å²) in [5, 5.41) is 8.37. The minimum absolute atomic E-state index is 0.0626. The van der Waals surface area contributed by atoms with Crippen LogP contribution in [0.1, 0.15) is 18.2 Å². The first-order valence-electron chi connectivity index (χ1n) is 7.50. The molecule has 1 aliphatic heterocycles. The van der Waals surface area contributed by atoms with Crippen molar-refractivity contribution in [2.24, 2.45) is 7.05 Å². The average Bonchev–Trinajstić information content (AvgIpc) is 3.28. The molecule has 3 aromatic rings. The van der Waals surface area contributed by atoms with E-state index in [1.807, 2.05) is 13.0 Å².